The number of ether oxygens (including phenoxy) is 1. The van der Waals surface area contributed by atoms with Crippen molar-refractivity contribution in [3.05, 3.63) is 35.4 Å². The Hall–Kier alpha value is -1.39. The third kappa shape index (κ3) is 4.05. The van der Waals surface area contributed by atoms with Crippen LogP contribution in [0.4, 0.5) is 0 Å². The molecular weight excluding hydrogens is 264 g/mol. The molecule has 1 aliphatic heterocycles. The monoisotopic (exact) mass is 290 g/mol. The van der Waals surface area contributed by atoms with Gasteiger partial charge in [0.2, 0.25) is 0 Å². The van der Waals surface area contributed by atoms with E-state index in [1.54, 1.807) is 0 Å². The van der Waals surface area contributed by atoms with E-state index in [2.05, 4.69) is 30.6 Å². The predicted octanol–water partition coefficient (Wildman–Crippen LogP) is 2.39. The molecule has 0 unspecified atom stereocenters. The molecule has 0 spiro atoms. The number of esters is 1. The molecular formula is C17H26N2O2. The van der Waals surface area contributed by atoms with Gasteiger partial charge in [-0.1, -0.05) is 18.2 Å². The molecule has 1 fully saturated rings. The average molecular weight is 290 g/mol. The first-order valence-electron chi connectivity index (χ1n) is 7.55. The predicted molar refractivity (Wildman–Crippen MR) is 84.4 cm³/mol. The van der Waals surface area contributed by atoms with Gasteiger partial charge in [-0.15, -0.1) is 0 Å². The molecule has 0 radical (unpaired) electrons. The van der Waals surface area contributed by atoms with E-state index >= 15 is 0 Å². The van der Waals surface area contributed by atoms with Crippen LogP contribution in [0.2, 0.25) is 0 Å². The van der Waals surface area contributed by atoms with Crippen LogP contribution >= 0.6 is 0 Å². The molecule has 1 aromatic rings. The molecule has 116 valence electrons. The van der Waals surface area contributed by atoms with Crippen LogP contribution < -0.4 is 0 Å². The second-order valence-electron chi connectivity index (χ2n) is 6.58. The van der Waals surface area contributed by atoms with Gasteiger partial charge in [-0.05, 0) is 32.4 Å². The van der Waals surface area contributed by atoms with E-state index in [1.807, 2.05) is 24.3 Å². The molecule has 0 saturated carbocycles. The van der Waals surface area contributed by atoms with Crippen LogP contribution in [0.25, 0.3) is 0 Å². The van der Waals surface area contributed by atoms with Crippen LogP contribution in [-0.2, 0) is 11.3 Å². The highest BCUT2D eigenvalue weighted by molar-refractivity contribution is 5.90. The fourth-order valence-electron chi connectivity index (χ4n) is 2.78. The first-order chi connectivity index (χ1) is 9.91. The molecule has 0 bridgehead atoms. The van der Waals surface area contributed by atoms with Crippen molar-refractivity contribution in [2.75, 3.05) is 33.3 Å². The minimum atomic E-state index is -0.251. The van der Waals surface area contributed by atoms with Crippen LogP contribution in [0, 0.1) is 0 Å². The average Bonchev–Trinajstić information content (AvgIpc) is 2.46. The lowest BCUT2D eigenvalue weighted by Gasteiger charge is -2.42. The van der Waals surface area contributed by atoms with Gasteiger partial charge in [0.25, 0.3) is 0 Å². The molecule has 0 amide bonds. The largest absolute Gasteiger partial charge is 0.465 e. The molecule has 4 nitrogen and oxygen atoms in total. The van der Waals surface area contributed by atoms with E-state index in [4.69, 9.17) is 4.74 Å². The summed E-state index contributed by atoms with van der Waals surface area (Å²) in [5.74, 6) is -0.251. The van der Waals surface area contributed by atoms with E-state index in [1.165, 1.54) is 7.11 Å². The van der Waals surface area contributed by atoms with Gasteiger partial charge in [0.1, 0.15) is 0 Å². The number of benzene rings is 1. The maximum Gasteiger partial charge on any atom is 0.338 e. The van der Waals surface area contributed by atoms with Gasteiger partial charge in [-0.3, -0.25) is 9.80 Å². The Bertz CT molecular complexity index is 486. The summed E-state index contributed by atoms with van der Waals surface area (Å²) in [6, 6.07) is 7.72. The lowest BCUT2D eigenvalue weighted by atomic mass is 10.0. The van der Waals surface area contributed by atoms with Crippen molar-refractivity contribution >= 4 is 5.97 Å². The molecule has 2 rings (SSSR count). The lowest BCUT2D eigenvalue weighted by molar-refractivity contribution is 0.0565. The van der Waals surface area contributed by atoms with E-state index < -0.39 is 0 Å². The minimum Gasteiger partial charge on any atom is -0.465 e. The zero-order valence-corrected chi connectivity index (χ0v) is 13.6. The molecule has 0 N–H and O–H groups in total. The summed E-state index contributed by atoms with van der Waals surface area (Å²) in [5.41, 5.74) is 1.96. The van der Waals surface area contributed by atoms with E-state index in [-0.39, 0.29) is 11.5 Å². The van der Waals surface area contributed by atoms with Gasteiger partial charge in [-0.25, -0.2) is 4.79 Å². The van der Waals surface area contributed by atoms with E-state index in [9.17, 15) is 4.79 Å². The number of hydrogen-bond acceptors (Lipinski definition) is 4. The Morgan fingerprint density at radius 3 is 2.33 bits per heavy atom. The summed E-state index contributed by atoms with van der Waals surface area (Å²) >= 11 is 0. The van der Waals surface area contributed by atoms with E-state index in [0.717, 1.165) is 38.3 Å². The number of piperazine rings is 1. The highest BCUT2D eigenvalue weighted by atomic mass is 16.5. The lowest BCUT2D eigenvalue weighted by Crippen LogP contribution is -2.53. The molecule has 0 aliphatic carbocycles. The summed E-state index contributed by atoms with van der Waals surface area (Å²) in [5, 5.41) is 0. The normalized spacial score (nSPS) is 17.7. The quantitative estimate of drug-likeness (QED) is 0.800. The molecule has 1 aliphatic rings. The summed E-state index contributed by atoms with van der Waals surface area (Å²) in [7, 11) is 1.43. The summed E-state index contributed by atoms with van der Waals surface area (Å²) < 4.78 is 4.86. The van der Waals surface area contributed by atoms with Crippen molar-refractivity contribution in [1.29, 1.82) is 0 Å². The van der Waals surface area contributed by atoms with Crippen LogP contribution in [-0.4, -0.2) is 54.6 Å². The van der Waals surface area contributed by atoms with Crippen molar-refractivity contribution in [3.8, 4) is 0 Å². The molecule has 4 heteroatoms. The number of rotatable bonds is 3. The van der Waals surface area contributed by atoms with Crippen molar-refractivity contribution in [1.82, 2.24) is 9.80 Å². The Kier molecular flexibility index (Phi) is 5.01. The van der Waals surface area contributed by atoms with Gasteiger partial charge in [0, 0.05) is 38.3 Å². The molecule has 0 atom stereocenters. The first kappa shape index (κ1) is 16.0. The Morgan fingerprint density at radius 2 is 1.76 bits per heavy atom. The summed E-state index contributed by atoms with van der Waals surface area (Å²) in [4.78, 5) is 16.7. The fourth-order valence-corrected chi connectivity index (χ4v) is 2.78. The fraction of sp³-hybridized carbons (Fsp3) is 0.588. The molecule has 21 heavy (non-hydrogen) atoms. The van der Waals surface area contributed by atoms with Crippen molar-refractivity contribution in [2.45, 2.75) is 32.9 Å². The van der Waals surface area contributed by atoms with Crippen molar-refractivity contribution < 1.29 is 9.53 Å². The van der Waals surface area contributed by atoms with Gasteiger partial charge >= 0.3 is 5.97 Å². The van der Waals surface area contributed by atoms with E-state index in [0.29, 0.717) is 5.56 Å². The minimum absolute atomic E-state index is 0.232. The summed E-state index contributed by atoms with van der Waals surface area (Å²) in [6.45, 7) is 11.8. The SMILES string of the molecule is COC(=O)c1ccccc1CN1CCN(C(C)(C)C)CC1. The Morgan fingerprint density at radius 1 is 1.14 bits per heavy atom. The number of hydrogen-bond donors (Lipinski definition) is 0. The summed E-state index contributed by atoms with van der Waals surface area (Å²) in [6.07, 6.45) is 0. The van der Waals surface area contributed by atoms with Crippen molar-refractivity contribution in [2.24, 2.45) is 0 Å². The van der Waals surface area contributed by atoms with Gasteiger partial charge in [-0.2, -0.15) is 0 Å². The number of methoxy groups -OCH3 is 1. The smallest absolute Gasteiger partial charge is 0.338 e. The zero-order valence-electron chi connectivity index (χ0n) is 13.6. The van der Waals surface area contributed by atoms with Gasteiger partial charge in [0.15, 0.2) is 0 Å². The first-order valence-corrected chi connectivity index (χ1v) is 7.55. The molecule has 1 heterocycles. The third-order valence-electron chi connectivity index (χ3n) is 4.14. The Labute approximate surface area is 127 Å². The number of nitrogens with zero attached hydrogens (tertiary/aromatic N) is 2. The topological polar surface area (TPSA) is 32.8 Å². The highest BCUT2D eigenvalue weighted by Gasteiger charge is 2.26. The van der Waals surface area contributed by atoms with Gasteiger partial charge < -0.3 is 4.74 Å². The van der Waals surface area contributed by atoms with Crippen LogP contribution in [0.5, 0.6) is 0 Å². The van der Waals surface area contributed by atoms with Crippen LogP contribution in [0.15, 0.2) is 24.3 Å². The molecule has 1 saturated heterocycles. The standard InChI is InChI=1S/C17H26N2O2/c1-17(2,3)19-11-9-18(10-12-19)13-14-7-5-6-8-15(14)16(20)21-4/h5-8H,9-13H2,1-4H3. The number of carbonyl (C=O) groups is 1. The van der Waals surface area contributed by atoms with Crippen LogP contribution in [0.1, 0.15) is 36.7 Å². The van der Waals surface area contributed by atoms with Crippen molar-refractivity contribution in [3.63, 3.8) is 0 Å². The maximum absolute atomic E-state index is 11.8. The van der Waals surface area contributed by atoms with Crippen LogP contribution in [0.3, 0.4) is 0 Å². The highest BCUT2D eigenvalue weighted by Crippen LogP contribution is 2.18. The second kappa shape index (κ2) is 6.58. The van der Waals surface area contributed by atoms with Gasteiger partial charge in [0.05, 0.1) is 12.7 Å². The Balaban J connectivity index is 2.00. The second-order valence-corrected chi connectivity index (χ2v) is 6.58. The zero-order chi connectivity index (χ0) is 15.5. The number of carbonyl (C=O) groups excluding carboxylic acids is 1. The molecule has 1 aromatic carbocycles. The maximum atomic E-state index is 11.8. The third-order valence-corrected chi connectivity index (χ3v) is 4.14. The molecule has 0 aromatic heterocycles.